The van der Waals surface area contributed by atoms with Gasteiger partial charge in [-0.2, -0.15) is 0 Å². The van der Waals surface area contributed by atoms with Crippen LogP contribution in [0.5, 0.6) is 5.88 Å². The molecular formula is C13H14FN5O5S. The first-order valence-corrected chi connectivity index (χ1v) is 8.82. The van der Waals surface area contributed by atoms with E-state index in [1.54, 1.807) is 6.07 Å². The van der Waals surface area contributed by atoms with Crippen LogP contribution in [-0.4, -0.2) is 42.1 Å². The van der Waals surface area contributed by atoms with Crippen LogP contribution in [0.15, 0.2) is 28.0 Å². The molecule has 0 amide bonds. The lowest BCUT2D eigenvalue weighted by atomic mass is 9.83. The average molecular weight is 371 g/mol. The molecule has 1 aliphatic carbocycles. The molecule has 0 aliphatic heterocycles. The van der Waals surface area contributed by atoms with E-state index in [2.05, 4.69) is 25.4 Å². The van der Waals surface area contributed by atoms with E-state index < -0.39 is 15.8 Å². The van der Waals surface area contributed by atoms with Gasteiger partial charge < -0.3 is 15.3 Å². The summed E-state index contributed by atoms with van der Waals surface area (Å²) >= 11 is 0. The van der Waals surface area contributed by atoms with E-state index in [9.17, 15) is 18.0 Å². The first-order valence-electron chi connectivity index (χ1n) is 7.10. The maximum Gasteiger partial charge on any atom is 0.287 e. The molecule has 1 heterocycles. The van der Waals surface area contributed by atoms with E-state index in [1.165, 1.54) is 12.1 Å². The molecule has 0 radical (unpaired) electrons. The zero-order valence-electron chi connectivity index (χ0n) is 12.7. The van der Waals surface area contributed by atoms with Gasteiger partial charge in [-0.15, -0.1) is 0 Å². The lowest BCUT2D eigenvalue weighted by molar-refractivity contribution is 0.264. The number of aromatic nitrogens is 2. The number of nitrogens with one attached hydrogen (secondary N) is 1. The Labute approximate surface area is 141 Å². The Bertz CT molecular complexity index is 913. The second-order valence-corrected chi connectivity index (χ2v) is 7.06. The summed E-state index contributed by atoms with van der Waals surface area (Å²) in [7, 11) is -3.70. The van der Waals surface area contributed by atoms with Gasteiger partial charge in [0.15, 0.2) is 0 Å². The number of ether oxygens (including phenoxy) is 1. The highest BCUT2D eigenvalue weighted by Gasteiger charge is 2.30. The topological polar surface area (TPSA) is 153 Å². The van der Waals surface area contributed by atoms with Crippen LogP contribution in [0.25, 0.3) is 0 Å². The lowest BCUT2D eigenvalue weighted by Crippen LogP contribution is -2.36. The molecule has 134 valence electrons. The number of nitrogens with zero attached hydrogens (tertiary/aromatic N) is 3. The van der Waals surface area contributed by atoms with Gasteiger partial charge in [0, 0.05) is 0 Å². The maximum atomic E-state index is 13.3. The number of nitrogens with two attached hydrogens (primary N) is 1. The van der Waals surface area contributed by atoms with Gasteiger partial charge >= 0.3 is 0 Å². The minimum atomic E-state index is -3.70. The second kappa shape index (κ2) is 6.64. The van der Waals surface area contributed by atoms with Crippen molar-refractivity contribution in [3.05, 3.63) is 40.8 Å². The van der Waals surface area contributed by atoms with Gasteiger partial charge in [-0.05, 0) is 40.0 Å². The number of amidine groups is 1. The molecular weight excluding hydrogens is 357 g/mol. The van der Waals surface area contributed by atoms with Crippen molar-refractivity contribution in [3.63, 3.8) is 0 Å². The molecule has 1 aromatic heterocycles. The first-order chi connectivity index (χ1) is 11.9. The van der Waals surface area contributed by atoms with Crippen molar-refractivity contribution in [1.82, 2.24) is 15.6 Å². The van der Waals surface area contributed by atoms with Crippen molar-refractivity contribution in [1.29, 1.82) is 0 Å². The fourth-order valence-electron chi connectivity index (χ4n) is 2.39. The van der Waals surface area contributed by atoms with Crippen LogP contribution in [0.4, 0.5) is 4.39 Å². The number of primary sulfonamides is 1. The van der Waals surface area contributed by atoms with Gasteiger partial charge in [-0.25, -0.2) is 22.6 Å². The molecule has 1 atom stereocenters. The molecule has 12 heteroatoms. The van der Waals surface area contributed by atoms with Crippen molar-refractivity contribution < 1.29 is 27.4 Å². The normalized spacial score (nSPS) is 16.9. The van der Waals surface area contributed by atoms with Gasteiger partial charge in [-0.1, -0.05) is 11.2 Å². The van der Waals surface area contributed by atoms with Crippen LogP contribution in [0.2, 0.25) is 0 Å². The molecule has 0 saturated carbocycles. The number of hydrogen-bond acceptors (Lipinski definition) is 8. The third-order valence-corrected chi connectivity index (χ3v) is 4.34. The molecule has 0 bridgehead atoms. The summed E-state index contributed by atoms with van der Waals surface area (Å²) in [5.74, 6) is -1.08. The maximum absolute atomic E-state index is 13.3. The van der Waals surface area contributed by atoms with Gasteiger partial charge in [0.2, 0.25) is 21.6 Å². The Morgan fingerprint density at radius 1 is 1.52 bits per heavy atom. The third kappa shape index (κ3) is 3.85. The third-order valence-electron chi connectivity index (χ3n) is 3.61. The predicted molar refractivity (Wildman–Crippen MR) is 82.1 cm³/mol. The molecule has 10 nitrogen and oxygen atoms in total. The van der Waals surface area contributed by atoms with Crippen molar-refractivity contribution in [3.8, 4) is 5.88 Å². The molecule has 0 saturated heterocycles. The van der Waals surface area contributed by atoms with E-state index in [-0.39, 0.29) is 35.9 Å². The summed E-state index contributed by atoms with van der Waals surface area (Å²) in [6, 6.07) is 4.15. The first kappa shape index (κ1) is 17.1. The summed E-state index contributed by atoms with van der Waals surface area (Å²) < 4.78 is 44.8. The van der Waals surface area contributed by atoms with E-state index in [0.717, 1.165) is 11.1 Å². The van der Waals surface area contributed by atoms with Crippen LogP contribution in [0.1, 0.15) is 22.9 Å². The van der Waals surface area contributed by atoms with Crippen molar-refractivity contribution in [2.75, 3.05) is 12.4 Å². The van der Waals surface area contributed by atoms with Gasteiger partial charge in [0.25, 0.3) is 5.88 Å². The van der Waals surface area contributed by atoms with Crippen LogP contribution in [0.3, 0.4) is 0 Å². The molecule has 0 fully saturated rings. The standard InChI is InChI=1S/C13H14FN5O5S/c14-8-2-1-7-5-10(9(7)6-8)16-12(17-20)11-13(19-24-18-11)23-3-4-25(15,21)22/h1-2,6,10,20H,3-5H2,(H,16,17)(H2,15,21,22)/t10-/m0/s1. The molecule has 0 spiro atoms. The summed E-state index contributed by atoms with van der Waals surface area (Å²) in [5.41, 5.74) is 1.65. The molecule has 1 aliphatic rings. The molecule has 1 aromatic carbocycles. The monoisotopic (exact) mass is 371 g/mol. The van der Waals surface area contributed by atoms with Gasteiger partial charge in [0.05, 0.1) is 11.8 Å². The Balaban J connectivity index is 1.70. The van der Waals surface area contributed by atoms with Crippen LogP contribution in [0, 0.1) is 5.82 Å². The quantitative estimate of drug-likeness (QED) is 0.275. The van der Waals surface area contributed by atoms with E-state index in [1.807, 2.05) is 0 Å². The number of halogens is 1. The van der Waals surface area contributed by atoms with Crippen molar-refractivity contribution in [2.24, 2.45) is 10.3 Å². The summed E-state index contributed by atoms with van der Waals surface area (Å²) in [5, 5.41) is 27.1. The Morgan fingerprint density at radius 3 is 3.04 bits per heavy atom. The molecule has 4 N–H and O–H groups in total. The van der Waals surface area contributed by atoms with Gasteiger partial charge in [-0.3, -0.25) is 0 Å². The zero-order chi connectivity index (χ0) is 18.0. The predicted octanol–water partition coefficient (Wildman–Crippen LogP) is -0.101. The summed E-state index contributed by atoms with van der Waals surface area (Å²) in [4.78, 5) is 0. The number of benzene rings is 1. The van der Waals surface area contributed by atoms with Crippen LogP contribution < -0.4 is 15.2 Å². The van der Waals surface area contributed by atoms with Crippen molar-refractivity contribution >= 4 is 15.9 Å². The average Bonchev–Trinajstić information content (AvgIpc) is 2.98. The zero-order valence-corrected chi connectivity index (χ0v) is 13.5. The van der Waals surface area contributed by atoms with Crippen LogP contribution >= 0.6 is 0 Å². The van der Waals surface area contributed by atoms with Gasteiger partial charge in [0.1, 0.15) is 12.4 Å². The Morgan fingerprint density at radius 2 is 2.32 bits per heavy atom. The minimum Gasteiger partial charge on any atom is -0.473 e. The van der Waals surface area contributed by atoms with E-state index in [4.69, 9.17) is 9.88 Å². The SMILES string of the molecule is NS(=O)(=O)CCOc1nonc1/C(=N/O)N[C@H]1Cc2ccc(F)cc21. The molecule has 2 aromatic rings. The fraction of sp³-hybridized carbons (Fsp3) is 0.308. The highest BCUT2D eigenvalue weighted by Crippen LogP contribution is 2.33. The lowest BCUT2D eigenvalue weighted by Gasteiger charge is -2.31. The number of fused-ring (bicyclic) bond motifs is 1. The number of sulfonamides is 1. The van der Waals surface area contributed by atoms with Crippen LogP contribution in [-0.2, 0) is 16.4 Å². The number of hydrogen-bond donors (Lipinski definition) is 3. The minimum absolute atomic E-state index is 0.0539. The fourth-order valence-corrected chi connectivity index (χ4v) is 2.70. The second-order valence-electron chi connectivity index (χ2n) is 5.33. The van der Waals surface area contributed by atoms with Crippen molar-refractivity contribution in [2.45, 2.75) is 12.5 Å². The molecule has 25 heavy (non-hydrogen) atoms. The number of oxime groups is 1. The molecule has 3 rings (SSSR count). The Hall–Kier alpha value is -2.73. The largest absolute Gasteiger partial charge is 0.473 e. The highest BCUT2D eigenvalue weighted by molar-refractivity contribution is 7.89. The number of rotatable bonds is 6. The van der Waals surface area contributed by atoms with E-state index >= 15 is 0 Å². The summed E-state index contributed by atoms with van der Waals surface area (Å²) in [6.07, 6.45) is 0.599. The Kier molecular flexibility index (Phi) is 4.55. The highest BCUT2D eigenvalue weighted by atomic mass is 32.2. The van der Waals surface area contributed by atoms with E-state index in [0.29, 0.717) is 6.42 Å². The summed E-state index contributed by atoms with van der Waals surface area (Å²) in [6.45, 7) is -0.282. The smallest absolute Gasteiger partial charge is 0.287 e. The molecule has 0 unspecified atom stereocenters.